The predicted octanol–water partition coefficient (Wildman–Crippen LogP) is 4.81. The molecule has 0 spiro atoms. The molecule has 0 saturated carbocycles. The first-order chi connectivity index (χ1) is 11.7. The first kappa shape index (κ1) is 16.8. The van der Waals surface area contributed by atoms with E-state index in [1.165, 1.54) is 12.7 Å². The molecule has 24 heavy (non-hydrogen) atoms. The van der Waals surface area contributed by atoms with Gasteiger partial charge < -0.3 is 9.64 Å². The molecule has 2 aromatic rings. The predicted molar refractivity (Wildman–Crippen MR) is 101 cm³/mol. The average Bonchev–Trinajstić information content (AvgIpc) is 2.58. The van der Waals surface area contributed by atoms with Gasteiger partial charge in [0.05, 0.1) is 7.11 Å². The summed E-state index contributed by atoms with van der Waals surface area (Å²) in [5.74, 6) is -0.238. The van der Waals surface area contributed by atoms with Gasteiger partial charge in [-0.3, -0.25) is 0 Å². The van der Waals surface area contributed by atoms with E-state index >= 15 is 0 Å². The zero-order valence-corrected chi connectivity index (χ0v) is 15.3. The third-order valence-electron chi connectivity index (χ3n) is 4.20. The number of hydrogen-bond donors (Lipinski definition) is 0. The minimum Gasteiger partial charge on any atom is -0.466 e. The minimum atomic E-state index is -0.238. The van der Waals surface area contributed by atoms with Crippen molar-refractivity contribution in [3.8, 4) is 0 Å². The molecular formula is C20H20BrNO2. The number of rotatable bonds is 3. The smallest absolute Gasteiger partial charge is 0.333 e. The second-order valence-corrected chi connectivity index (χ2v) is 6.79. The summed E-state index contributed by atoms with van der Waals surface area (Å²) >= 11 is 3.53. The van der Waals surface area contributed by atoms with Gasteiger partial charge in [-0.05, 0) is 48.2 Å². The molecule has 0 aliphatic carbocycles. The molecule has 4 heteroatoms. The van der Waals surface area contributed by atoms with Gasteiger partial charge in [-0.25, -0.2) is 4.79 Å². The number of benzene rings is 2. The highest BCUT2D eigenvalue weighted by molar-refractivity contribution is 9.10. The number of anilines is 1. The van der Waals surface area contributed by atoms with E-state index in [0.717, 1.165) is 47.2 Å². The van der Waals surface area contributed by atoms with Crippen molar-refractivity contribution < 1.29 is 9.53 Å². The summed E-state index contributed by atoms with van der Waals surface area (Å²) in [5.41, 5.74) is 4.20. The van der Waals surface area contributed by atoms with Gasteiger partial charge in [0.25, 0.3) is 0 Å². The Balaban J connectivity index is 1.99. The van der Waals surface area contributed by atoms with E-state index in [1.54, 1.807) is 0 Å². The fraction of sp³-hybridized carbons (Fsp3) is 0.250. The maximum absolute atomic E-state index is 12.0. The lowest BCUT2D eigenvalue weighted by Crippen LogP contribution is -2.26. The third kappa shape index (κ3) is 3.88. The van der Waals surface area contributed by atoms with Crippen LogP contribution in [0.5, 0.6) is 0 Å². The summed E-state index contributed by atoms with van der Waals surface area (Å²) in [6.07, 6.45) is 3.61. The molecule has 2 aromatic carbocycles. The van der Waals surface area contributed by atoms with Crippen LogP contribution in [0.1, 0.15) is 24.0 Å². The Hall–Kier alpha value is -2.07. The van der Waals surface area contributed by atoms with Gasteiger partial charge >= 0.3 is 5.97 Å². The summed E-state index contributed by atoms with van der Waals surface area (Å²) in [4.78, 5) is 14.4. The molecule has 0 fully saturated rings. The first-order valence-electron chi connectivity index (χ1n) is 8.04. The quantitative estimate of drug-likeness (QED) is 0.710. The van der Waals surface area contributed by atoms with Crippen molar-refractivity contribution in [2.45, 2.75) is 19.4 Å². The van der Waals surface area contributed by atoms with Crippen LogP contribution in [-0.4, -0.2) is 19.6 Å². The first-order valence-corrected chi connectivity index (χ1v) is 8.84. The second kappa shape index (κ2) is 7.67. The summed E-state index contributed by atoms with van der Waals surface area (Å²) in [6.45, 7) is 1.76. The number of esters is 1. The molecular weight excluding hydrogens is 366 g/mol. The number of nitrogens with zero attached hydrogens (tertiary/aromatic N) is 1. The molecule has 1 aliphatic heterocycles. The Labute approximate surface area is 151 Å². The lowest BCUT2D eigenvalue weighted by molar-refractivity contribution is -0.136. The Morgan fingerprint density at radius 3 is 2.75 bits per heavy atom. The zero-order chi connectivity index (χ0) is 16.9. The minimum absolute atomic E-state index is 0.238. The molecule has 0 saturated heterocycles. The van der Waals surface area contributed by atoms with Gasteiger partial charge in [0, 0.05) is 28.8 Å². The Morgan fingerprint density at radius 1 is 1.21 bits per heavy atom. The molecule has 0 radical (unpaired) electrons. The Kier molecular flexibility index (Phi) is 5.36. The maximum atomic E-state index is 12.0. The van der Waals surface area contributed by atoms with E-state index in [-0.39, 0.29) is 5.97 Å². The fourth-order valence-corrected chi connectivity index (χ4v) is 3.41. The highest BCUT2D eigenvalue weighted by Crippen LogP contribution is 2.31. The molecule has 0 bridgehead atoms. The molecule has 3 rings (SSSR count). The van der Waals surface area contributed by atoms with Crippen LogP contribution < -0.4 is 4.90 Å². The lowest BCUT2D eigenvalue weighted by atomic mass is 10.0. The molecule has 3 nitrogen and oxygen atoms in total. The van der Waals surface area contributed by atoms with Crippen LogP contribution >= 0.6 is 15.9 Å². The van der Waals surface area contributed by atoms with E-state index < -0.39 is 0 Å². The maximum Gasteiger partial charge on any atom is 0.333 e. The van der Waals surface area contributed by atoms with Crippen LogP contribution in [0.25, 0.3) is 6.08 Å². The number of carbonyl (C=O) groups is 1. The molecule has 1 aliphatic rings. The largest absolute Gasteiger partial charge is 0.466 e. The normalized spacial score (nSPS) is 16.4. The molecule has 0 aromatic heterocycles. The van der Waals surface area contributed by atoms with Crippen LogP contribution in [0, 0.1) is 0 Å². The molecule has 1 heterocycles. The molecule has 124 valence electrons. The van der Waals surface area contributed by atoms with E-state index in [0.29, 0.717) is 0 Å². The van der Waals surface area contributed by atoms with Crippen molar-refractivity contribution in [3.63, 3.8) is 0 Å². The number of halogens is 1. The van der Waals surface area contributed by atoms with E-state index in [9.17, 15) is 4.79 Å². The van der Waals surface area contributed by atoms with Crippen LogP contribution in [0.15, 0.2) is 58.6 Å². The molecule has 0 N–H and O–H groups in total. The monoisotopic (exact) mass is 385 g/mol. The highest BCUT2D eigenvalue weighted by Gasteiger charge is 2.18. The topological polar surface area (TPSA) is 29.5 Å². The van der Waals surface area contributed by atoms with Crippen LogP contribution in [0.4, 0.5) is 5.69 Å². The molecule has 0 unspecified atom stereocenters. The van der Waals surface area contributed by atoms with Crippen molar-refractivity contribution in [2.75, 3.05) is 18.6 Å². The van der Waals surface area contributed by atoms with Crippen molar-refractivity contribution in [2.24, 2.45) is 0 Å². The lowest BCUT2D eigenvalue weighted by Gasteiger charge is -2.29. The molecule has 0 atom stereocenters. The summed E-state index contributed by atoms with van der Waals surface area (Å²) in [7, 11) is 1.44. The Morgan fingerprint density at radius 2 is 2.00 bits per heavy atom. The third-order valence-corrected chi connectivity index (χ3v) is 4.69. The Bertz CT molecular complexity index is 755. The van der Waals surface area contributed by atoms with Gasteiger partial charge in [-0.15, -0.1) is 0 Å². The average molecular weight is 386 g/mol. The van der Waals surface area contributed by atoms with Crippen molar-refractivity contribution in [1.29, 1.82) is 0 Å². The second-order valence-electron chi connectivity index (χ2n) is 5.88. The van der Waals surface area contributed by atoms with E-state index in [2.05, 4.69) is 57.2 Å². The van der Waals surface area contributed by atoms with Crippen LogP contribution in [0.3, 0.4) is 0 Å². The van der Waals surface area contributed by atoms with Gasteiger partial charge in [0.15, 0.2) is 0 Å². The number of fused-ring (bicyclic) bond motifs is 1. The summed E-state index contributed by atoms with van der Waals surface area (Å²) in [6, 6.07) is 16.7. The van der Waals surface area contributed by atoms with Crippen molar-refractivity contribution >= 4 is 33.7 Å². The number of carbonyl (C=O) groups excluding carboxylic acids is 1. The molecule has 0 amide bonds. The van der Waals surface area contributed by atoms with Crippen molar-refractivity contribution in [3.05, 3.63) is 69.7 Å². The van der Waals surface area contributed by atoms with Gasteiger partial charge in [-0.1, -0.05) is 46.3 Å². The summed E-state index contributed by atoms with van der Waals surface area (Å²) in [5, 5.41) is 0. The number of ether oxygens (including phenoxy) is 1. The van der Waals surface area contributed by atoms with Gasteiger partial charge in [0.1, 0.15) is 0 Å². The zero-order valence-electron chi connectivity index (χ0n) is 13.7. The van der Waals surface area contributed by atoms with Crippen LogP contribution in [0.2, 0.25) is 0 Å². The fourth-order valence-electron chi connectivity index (χ4n) is 3.03. The van der Waals surface area contributed by atoms with Gasteiger partial charge in [-0.2, -0.15) is 0 Å². The number of hydrogen-bond acceptors (Lipinski definition) is 3. The highest BCUT2D eigenvalue weighted by atomic mass is 79.9. The van der Waals surface area contributed by atoms with Gasteiger partial charge in [0.2, 0.25) is 0 Å². The SMILES string of the molecule is COC(=O)/C1=C/c2cc(Br)ccc2N(Cc2ccccc2)CCC1. The van der Waals surface area contributed by atoms with E-state index in [4.69, 9.17) is 4.74 Å². The summed E-state index contributed by atoms with van der Waals surface area (Å²) < 4.78 is 5.92. The standard InChI is InChI=1S/C20H20BrNO2/c1-24-20(23)16-8-5-11-22(14-15-6-3-2-4-7-15)19-10-9-18(21)13-17(19)12-16/h2-4,6-7,9-10,12-13H,5,8,11,14H2,1H3/b16-12+. The van der Waals surface area contributed by atoms with Crippen molar-refractivity contribution in [1.82, 2.24) is 0 Å². The van der Waals surface area contributed by atoms with Crippen LogP contribution in [-0.2, 0) is 16.1 Å². The number of methoxy groups -OCH3 is 1. The van der Waals surface area contributed by atoms with E-state index in [1.807, 2.05) is 18.2 Å².